The Kier molecular flexibility index (Phi) is 3.13. The average Bonchev–Trinajstić information content (AvgIpc) is 1.93. The number of rotatable bonds is 1. The highest BCUT2D eigenvalue weighted by Crippen LogP contribution is 2.27. The van der Waals surface area contributed by atoms with E-state index < -0.39 is 0 Å². The Hall–Kier alpha value is -0.300. The molecule has 0 radical (unpaired) electrons. The third-order valence-corrected chi connectivity index (χ3v) is 2.39. The Bertz CT molecular complexity index is 137. The zero-order chi connectivity index (χ0) is 8.27. The zero-order valence-corrected chi connectivity index (χ0v) is 7.51. The van der Waals surface area contributed by atoms with Crippen LogP contribution in [-0.2, 0) is 0 Å². The molecule has 1 rings (SSSR count). The highest BCUT2D eigenvalue weighted by molar-refractivity contribution is 5.06. The second-order valence-electron chi connectivity index (χ2n) is 3.75. The van der Waals surface area contributed by atoms with Crippen LogP contribution in [0, 0.1) is 5.92 Å². The first-order chi connectivity index (χ1) is 5.18. The smallest absolute Gasteiger partial charge is 0.0695 e. The third-order valence-electron chi connectivity index (χ3n) is 2.39. The quantitative estimate of drug-likeness (QED) is 0.575. The van der Waals surface area contributed by atoms with Gasteiger partial charge in [0.1, 0.15) is 0 Å². The Morgan fingerprint density at radius 1 is 1.45 bits per heavy atom. The molecule has 0 heterocycles. The molecule has 0 spiro atoms. The van der Waals surface area contributed by atoms with Crippen molar-refractivity contribution < 1.29 is 5.11 Å². The van der Waals surface area contributed by atoms with E-state index >= 15 is 0 Å². The molecule has 1 nitrogen and oxygen atoms in total. The normalized spacial score (nSPS) is 28.3. The number of allylic oxidation sites excluding steroid dienone is 1. The SMILES string of the molecule is CC(O)C=C1CCC(C)CC1. The first-order valence-corrected chi connectivity index (χ1v) is 4.56. The molecule has 0 aromatic carbocycles. The Labute approximate surface area is 69.1 Å². The molecule has 1 atom stereocenters. The summed E-state index contributed by atoms with van der Waals surface area (Å²) in [7, 11) is 0. The molecule has 0 aromatic rings. The summed E-state index contributed by atoms with van der Waals surface area (Å²) in [5.41, 5.74) is 1.46. The lowest BCUT2D eigenvalue weighted by molar-refractivity contribution is 0.241. The van der Waals surface area contributed by atoms with Gasteiger partial charge in [-0.05, 0) is 38.5 Å². The van der Waals surface area contributed by atoms with Gasteiger partial charge in [-0.2, -0.15) is 0 Å². The van der Waals surface area contributed by atoms with E-state index in [1.807, 2.05) is 13.0 Å². The van der Waals surface area contributed by atoms with Crippen molar-refractivity contribution in [3.63, 3.8) is 0 Å². The lowest BCUT2D eigenvalue weighted by atomic mass is 9.86. The highest BCUT2D eigenvalue weighted by Gasteiger charge is 2.11. The fraction of sp³-hybridized carbons (Fsp3) is 0.800. The van der Waals surface area contributed by atoms with Crippen molar-refractivity contribution >= 4 is 0 Å². The van der Waals surface area contributed by atoms with Crippen molar-refractivity contribution in [3.8, 4) is 0 Å². The Morgan fingerprint density at radius 2 is 2.00 bits per heavy atom. The van der Waals surface area contributed by atoms with E-state index in [9.17, 15) is 0 Å². The lowest BCUT2D eigenvalue weighted by Crippen LogP contribution is -2.06. The maximum Gasteiger partial charge on any atom is 0.0695 e. The van der Waals surface area contributed by atoms with E-state index in [1.165, 1.54) is 31.3 Å². The van der Waals surface area contributed by atoms with Gasteiger partial charge in [0.2, 0.25) is 0 Å². The molecule has 0 amide bonds. The fourth-order valence-corrected chi connectivity index (χ4v) is 1.64. The van der Waals surface area contributed by atoms with Gasteiger partial charge < -0.3 is 5.11 Å². The summed E-state index contributed by atoms with van der Waals surface area (Å²) in [4.78, 5) is 0. The topological polar surface area (TPSA) is 20.2 Å². The minimum Gasteiger partial charge on any atom is -0.389 e. The standard InChI is InChI=1S/C10H18O/c1-8-3-5-10(6-4-8)7-9(2)11/h7-9,11H,3-6H2,1-2H3. The van der Waals surface area contributed by atoms with Gasteiger partial charge in [-0.25, -0.2) is 0 Å². The van der Waals surface area contributed by atoms with Crippen molar-refractivity contribution in [2.75, 3.05) is 0 Å². The van der Waals surface area contributed by atoms with Crippen LogP contribution in [0.2, 0.25) is 0 Å². The monoisotopic (exact) mass is 154 g/mol. The largest absolute Gasteiger partial charge is 0.389 e. The van der Waals surface area contributed by atoms with Crippen LogP contribution in [0.5, 0.6) is 0 Å². The molecule has 1 unspecified atom stereocenters. The first kappa shape index (κ1) is 8.79. The van der Waals surface area contributed by atoms with E-state index in [0.717, 1.165) is 5.92 Å². The molecule has 0 aromatic heterocycles. The van der Waals surface area contributed by atoms with Crippen LogP contribution >= 0.6 is 0 Å². The number of hydrogen-bond acceptors (Lipinski definition) is 1. The average molecular weight is 154 g/mol. The van der Waals surface area contributed by atoms with Crippen LogP contribution in [-0.4, -0.2) is 11.2 Å². The molecule has 1 heteroatoms. The lowest BCUT2D eigenvalue weighted by Gasteiger charge is -2.20. The Balaban J connectivity index is 2.38. The van der Waals surface area contributed by atoms with E-state index in [2.05, 4.69) is 6.92 Å². The summed E-state index contributed by atoms with van der Waals surface area (Å²) in [5.74, 6) is 0.890. The molecule has 1 aliphatic carbocycles. The van der Waals surface area contributed by atoms with Crippen molar-refractivity contribution in [1.29, 1.82) is 0 Å². The van der Waals surface area contributed by atoms with Crippen molar-refractivity contribution in [3.05, 3.63) is 11.6 Å². The van der Waals surface area contributed by atoms with E-state index in [4.69, 9.17) is 5.11 Å². The van der Waals surface area contributed by atoms with Gasteiger partial charge in [0, 0.05) is 0 Å². The van der Waals surface area contributed by atoms with Gasteiger partial charge in [0.05, 0.1) is 6.10 Å². The molecule has 1 saturated carbocycles. The maximum atomic E-state index is 9.09. The van der Waals surface area contributed by atoms with Crippen LogP contribution in [0.1, 0.15) is 39.5 Å². The van der Waals surface area contributed by atoms with Gasteiger partial charge in [-0.1, -0.05) is 18.6 Å². The molecule has 0 aliphatic heterocycles. The summed E-state index contributed by atoms with van der Waals surface area (Å²) in [6, 6.07) is 0. The first-order valence-electron chi connectivity index (χ1n) is 4.56. The molecule has 1 N–H and O–H groups in total. The fourth-order valence-electron chi connectivity index (χ4n) is 1.64. The number of hydrogen-bond donors (Lipinski definition) is 1. The molecule has 0 saturated heterocycles. The molecular formula is C10H18O. The maximum absolute atomic E-state index is 9.09. The Morgan fingerprint density at radius 3 is 2.45 bits per heavy atom. The second-order valence-corrected chi connectivity index (χ2v) is 3.75. The van der Waals surface area contributed by atoms with Gasteiger partial charge in [0.15, 0.2) is 0 Å². The minimum atomic E-state index is -0.251. The minimum absolute atomic E-state index is 0.251. The van der Waals surface area contributed by atoms with Crippen LogP contribution in [0.4, 0.5) is 0 Å². The highest BCUT2D eigenvalue weighted by atomic mass is 16.3. The summed E-state index contributed by atoms with van der Waals surface area (Å²) < 4.78 is 0. The molecule has 1 aliphatic rings. The van der Waals surface area contributed by atoms with E-state index in [0.29, 0.717) is 0 Å². The molecule has 1 fully saturated rings. The number of aliphatic hydroxyl groups is 1. The van der Waals surface area contributed by atoms with Crippen LogP contribution in [0.25, 0.3) is 0 Å². The van der Waals surface area contributed by atoms with Gasteiger partial charge in [0.25, 0.3) is 0 Å². The third kappa shape index (κ3) is 3.06. The van der Waals surface area contributed by atoms with E-state index in [1.54, 1.807) is 0 Å². The summed E-state index contributed by atoms with van der Waals surface area (Å²) in [5, 5.41) is 9.09. The second kappa shape index (κ2) is 3.91. The predicted octanol–water partition coefficient (Wildman–Crippen LogP) is 2.50. The zero-order valence-electron chi connectivity index (χ0n) is 7.51. The summed E-state index contributed by atoms with van der Waals surface area (Å²) in [6.07, 6.45) is 6.76. The summed E-state index contributed by atoms with van der Waals surface area (Å²) >= 11 is 0. The molecule has 64 valence electrons. The van der Waals surface area contributed by atoms with Gasteiger partial charge in [-0.3, -0.25) is 0 Å². The number of aliphatic hydroxyl groups excluding tert-OH is 1. The summed E-state index contributed by atoms with van der Waals surface area (Å²) in [6.45, 7) is 4.13. The predicted molar refractivity (Wildman–Crippen MR) is 47.4 cm³/mol. The van der Waals surface area contributed by atoms with Gasteiger partial charge >= 0.3 is 0 Å². The molecule has 0 bridgehead atoms. The van der Waals surface area contributed by atoms with Crippen LogP contribution < -0.4 is 0 Å². The van der Waals surface area contributed by atoms with Crippen molar-refractivity contribution in [2.24, 2.45) is 5.92 Å². The molecular weight excluding hydrogens is 136 g/mol. The van der Waals surface area contributed by atoms with E-state index in [-0.39, 0.29) is 6.10 Å². The van der Waals surface area contributed by atoms with Crippen LogP contribution in [0.3, 0.4) is 0 Å². The molecule has 11 heavy (non-hydrogen) atoms. The van der Waals surface area contributed by atoms with Gasteiger partial charge in [-0.15, -0.1) is 0 Å². The van der Waals surface area contributed by atoms with Crippen molar-refractivity contribution in [1.82, 2.24) is 0 Å². The van der Waals surface area contributed by atoms with Crippen LogP contribution in [0.15, 0.2) is 11.6 Å². The van der Waals surface area contributed by atoms with Crippen molar-refractivity contribution in [2.45, 2.75) is 45.6 Å².